The third-order valence-corrected chi connectivity index (χ3v) is 2.33. The molecule has 0 aliphatic carbocycles. The number of ether oxygens (including phenoxy) is 1. The molecule has 1 aliphatic rings. The van der Waals surface area contributed by atoms with E-state index in [0.717, 1.165) is 5.69 Å². The Kier molecular flexibility index (Phi) is 2.47. The maximum Gasteiger partial charge on any atom is 0.339 e. The van der Waals surface area contributed by atoms with Gasteiger partial charge in [-0.3, -0.25) is 4.90 Å². The van der Waals surface area contributed by atoms with Crippen LogP contribution >= 0.6 is 0 Å². The van der Waals surface area contributed by atoms with E-state index in [0.29, 0.717) is 0 Å². The highest BCUT2D eigenvalue weighted by Crippen LogP contribution is 2.20. The number of hydrogen-bond acceptors (Lipinski definition) is 3. The van der Waals surface area contributed by atoms with Crippen LogP contribution in [0.15, 0.2) is 30.3 Å². The molecule has 1 heterocycles. The van der Waals surface area contributed by atoms with Gasteiger partial charge >= 0.3 is 6.03 Å². The van der Waals surface area contributed by atoms with Crippen LogP contribution in [0.2, 0.25) is 0 Å². The first-order valence-corrected chi connectivity index (χ1v) is 4.64. The number of benzene rings is 1. The van der Waals surface area contributed by atoms with E-state index in [1.165, 1.54) is 4.90 Å². The Morgan fingerprint density at radius 1 is 1.33 bits per heavy atom. The maximum absolute atomic E-state index is 11.4. The highest BCUT2D eigenvalue weighted by atomic mass is 16.5. The number of nitrogens with zero attached hydrogens (tertiary/aromatic N) is 2. The molecule has 0 radical (unpaired) electrons. The van der Waals surface area contributed by atoms with E-state index in [9.17, 15) is 4.79 Å². The molecule has 1 aliphatic heterocycles. The number of rotatable bonds is 2. The van der Waals surface area contributed by atoms with Gasteiger partial charge < -0.3 is 4.74 Å². The Morgan fingerprint density at radius 3 is 2.60 bits per heavy atom. The molecule has 0 spiro atoms. The van der Waals surface area contributed by atoms with Gasteiger partial charge in [0.2, 0.25) is 6.35 Å². The molecule has 5 nitrogen and oxygen atoms in total. The number of carbonyl (C=O) groups excluding carboxylic acids is 1. The van der Waals surface area contributed by atoms with Crippen molar-refractivity contribution >= 4 is 11.7 Å². The molecule has 5 heteroatoms. The first-order valence-electron chi connectivity index (χ1n) is 4.64. The second-order valence-corrected chi connectivity index (χ2v) is 3.30. The molecule has 1 atom stereocenters. The number of anilines is 1. The topological polar surface area (TPSA) is 44.8 Å². The largest absolute Gasteiger partial charge is 0.342 e. The van der Waals surface area contributed by atoms with Crippen LogP contribution in [0.1, 0.15) is 0 Å². The van der Waals surface area contributed by atoms with E-state index in [1.807, 2.05) is 30.3 Å². The molecule has 1 N–H and O–H groups in total. The van der Waals surface area contributed by atoms with Gasteiger partial charge in [-0.15, -0.1) is 0 Å². The number of urea groups is 1. The lowest BCUT2D eigenvalue weighted by atomic mass is 10.3. The Labute approximate surface area is 88.2 Å². The van der Waals surface area contributed by atoms with E-state index in [4.69, 9.17) is 4.74 Å². The van der Waals surface area contributed by atoms with E-state index in [-0.39, 0.29) is 6.03 Å². The zero-order valence-electron chi connectivity index (χ0n) is 8.68. The van der Waals surface area contributed by atoms with Crippen LogP contribution in [0.25, 0.3) is 0 Å². The van der Waals surface area contributed by atoms with Crippen molar-refractivity contribution in [3.8, 4) is 0 Å². The van der Waals surface area contributed by atoms with Crippen LogP contribution in [0.3, 0.4) is 0 Å². The summed E-state index contributed by atoms with van der Waals surface area (Å²) in [5.74, 6) is 0. The number of hydrazine groups is 1. The van der Waals surface area contributed by atoms with Gasteiger partial charge in [-0.25, -0.2) is 15.2 Å². The molecule has 0 bridgehead atoms. The molecule has 1 unspecified atom stereocenters. The second kappa shape index (κ2) is 3.78. The molecule has 1 saturated heterocycles. The number of methoxy groups -OCH3 is 1. The van der Waals surface area contributed by atoms with Gasteiger partial charge in [0, 0.05) is 14.2 Å². The highest BCUT2D eigenvalue weighted by molar-refractivity contribution is 5.79. The summed E-state index contributed by atoms with van der Waals surface area (Å²) in [6.07, 6.45) is -0.403. The summed E-state index contributed by atoms with van der Waals surface area (Å²) in [7, 11) is 3.25. The fourth-order valence-corrected chi connectivity index (χ4v) is 1.55. The average molecular weight is 207 g/mol. The van der Waals surface area contributed by atoms with Crippen LogP contribution < -0.4 is 10.4 Å². The quantitative estimate of drug-likeness (QED) is 0.786. The van der Waals surface area contributed by atoms with E-state index in [1.54, 1.807) is 19.2 Å². The standard InChI is InChI=1S/C10H13N3O2/c1-12-9(14)11-13(10(12)15-2)8-6-4-3-5-7-8/h3-7,10H,1-2H3,(H,11,14). The van der Waals surface area contributed by atoms with Crippen LogP contribution in [-0.4, -0.2) is 31.4 Å². The molecule has 2 amide bonds. The third-order valence-electron chi connectivity index (χ3n) is 2.33. The minimum Gasteiger partial charge on any atom is -0.342 e. The van der Waals surface area contributed by atoms with Gasteiger partial charge in [0.25, 0.3) is 0 Å². The molecule has 80 valence electrons. The van der Waals surface area contributed by atoms with E-state index >= 15 is 0 Å². The smallest absolute Gasteiger partial charge is 0.339 e. The van der Waals surface area contributed by atoms with Crippen LogP contribution in [0.4, 0.5) is 10.5 Å². The van der Waals surface area contributed by atoms with Crippen molar-refractivity contribution in [2.75, 3.05) is 19.2 Å². The average Bonchev–Trinajstić information content (AvgIpc) is 2.56. The molecule has 15 heavy (non-hydrogen) atoms. The van der Waals surface area contributed by atoms with Gasteiger partial charge in [-0.05, 0) is 12.1 Å². The predicted molar refractivity (Wildman–Crippen MR) is 56.0 cm³/mol. The van der Waals surface area contributed by atoms with Crippen molar-refractivity contribution in [2.24, 2.45) is 0 Å². The molecule has 1 fully saturated rings. The molecule has 0 aromatic heterocycles. The summed E-state index contributed by atoms with van der Waals surface area (Å²) in [5, 5.41) is 1.68. The first kappa shape index (κ1) is 9.79. The SMILES string of the molecule is COC1N(C)C(=O)NN1c1ccccc1. The Morgan fingerprint density at radius 2 is 2.00 bits per heavy atom. The third kappa shape index (κ3) is 1.61. The van der Waals surface area contributed by atoms with Gasteiger partial charge in [0.05, 0.1) is 5.69 Å². The molecule has 0 saturated carbocycles. The van der Waals surface area contributed by atoms with Crippen molar-refractivity contribution < 1.29 is 9.53 Å². The van der Waals surface area contributed by atoms with Gasteiger partial charge in [-0.2, -0.15) is 0 Å². The van der Waals surface area contributed by atoms with E-state index in [2.05, 4.69) is 5.43 Å². The predicted octanol–water partition coefficient (Wildman–Crippen LogP) is 0.993. The summed E-state index contributed by atoms with van der Waals surface area (Å²) in [4.78, 5) is 12.9. The van der Waals surface area contributed by atoms with Crippen LogP contribution in [-0.2, 0) is 4.74 Å². The van der Waals surface area contributed by atoms with Crippen molar-refractivity contribution in [3.05, 3.63) is 30.3 Å². The summed E-state index contributed by atoms with van der Waals surface area (Å²) in [5.41, 5.74) is 3.61. The fourth-order valence-electron chi connectivity index (χ4n) is 1.55. The molecule has 1 aromatic rings. The van der Waals surface area contributed by atoms with Crippen molar-refractivity contribution in [1.82, 2.24) is 10.3 Å². The number of carbonyl (C=O) groups is 1. The second-order valence-electron chi connectivity index (χ2n) is 3.30. The van der Waals surface area contributed by atoms with Crippen LogP contribution in [0, 0.1) is 0 Å². The molecular weight excluding hydrogens is 194 g/mol. The Hall–Kier alpha value is -1.75. The minimum atomic E-state index is -0.403. The summed E-state index contributed by atoms with van der Waals surface area (Å²) >= 11 is 0. The monoisotopic (exact) mass is 207 g/mol. The van der Waals surface area contributed by atoms with E-state index < -0.39 is 6.35 Å². The maximum atomic E-state index is 11.4. The fraction of sp³-hybridized carbons (Fsp3) is 0.300. The number of nitrogens with one attached hydrogen (secondary N) is 1. The summed E-state index contributed by atoms with van der Waals surface area (Å²) < 4.78 is 5.23. The van der Waals surface area contributed by atoms with Crippen molar-refractivity contribution in [2.45, 2.75) is 6.35 Å². The van der Waals surface area contributed by atoms with Crippen molar-refractivity contribution in [1.29, 1.82) is 0 Å². The van der Waals surface area contributed by atoms with Gasteiger partial charge in [0.1, 0.15) is 0 Å². The van der Waals surface area contributed by atoms with Gasteiger partial charge in [-0.1, -0.05) is 18.2 Å². The number of para-hydroxylation sites is 1. The zero-order valence-corrected chi connectivity index (χ0v) is 8.68. The highest BCUT2D eigenvalue weighted by Gasteiger charge is 2.35. The Bertz CT molecular complexity index is 355. The Balaban J connectivity index is 2.27. The lowest BCUT2D eigenvalue weighted by Gasteiger charge is -2.25. The number of hydrogen-bond donors (Lipinski definition) is 1. The van der Waals surface area contributed by atoms with Crippen LogP contribution in [0.5, 0.6) is 0 Å². The lowest BCUT2D eigenvalue weighted by molar-refractivity contribution is 0.0246. The first-order chi connectivity index (χ1) is 7.24. The van der Waals surface area contributed by atoms with Crippen molar-refractivity contribution in [3.63, 3.8) is 0 Å². The summed E-state index contributed by atoms with van der Waals surface area (Å²) in [6.45, 7) is 0. The zero-order chi connectivity index (χ0) is 10.8. The number of amides is 2. The lowest BCUT2D eigenvalue weighted by Crippen LogP contribution is -2.41. The molecule has 2 rings (SSSR count). The normalized spacial score (nSPS) is 20.7. The van der Waals surface area contributed by atoms with Gasteiger partial charge in [0.15, 0.2) is 0 Å². The summed E-state index contributed by atoms with van der Waals surface area (Å²) in [6, 6.07) is 9.38. The minimum absolute atomic E-state index is 0.175. The molecule has 1 aromatic carbocycles. The molecular formula is C10H13N3O2.